The zero-order valence-corrected chi connectivity index (χ0v) is 58.1. The van der Waals surface area contributed by atoms with Gasteiger partial charge in [0.2, 0.25) is 0 Å². The summed E-state index contributed by atoms with van der Waals surface area (Å²) in [6.07, 6.45) is -5.06. The Hall–Kier alpha value is -9.43. The molecule has 528 valence electrons. The topological polar surface area (TPSA) is 269 Å². The fraction of sp³-hybridized carbons (Fsp3) is 0.278. The number of hydrogen-bond donors (Lipinski definition) is 7. The molecule has 0 spiro atoms. The third-order valence-corrected chi connectivity index (χ3v) is 20.0. The van der Waals surface area contributed by atoms with E-state index in [4.69, 9.17) is 28.5 Å². The molecule has 0 aromatic heterocycles. The Balaban J connectivity index is 0.000000225. The summed E-state index contributed by atoms with van der Waals surface area (Å²) in [6.45, 7) is 4.35. The third kappa shape index (κ3) is 21.1. The standard InChI is InChI=1S/C45H50N3O8P.C34H37N2O7P/c1-3-54-44(51)33(2)46-57(53,56-39-22-14-7-15-23-39)32-55-38-26-24-35(25-27-38)29-41-43(50)42(49)40(28-34-16-8-4-9-17-34)47(30-36-18-10-5-11-19-36)45(52)48(41)31-37-20-12-6-13-21-37;37-32-30(20-25-10-4-1-5-11-25)35(22-27-12-6-2-7-13-27)34(39)36(23-28-14-8-3-9-15-28)31(33(32)38)21-26-16-18-29(19-17-26)43-24-44(40,41)42/h4-27,33,40-43,49-50H,3,28-32H2,1-2H3,(H,46,53);1-19,30-33,37-38H,20-24H2,(H2,40,41,42)/t33-,40-,41-,42+,43+,57?;30-,31-,32+,33+/m11/s1. The maximum Gasteiger partial charge on any atom is 0.362 e. The van der Waals surface area contributed by atoms with Crippen LogP contribution in [0, 0.1) is 0 Å². The Morgan fingerprint density at radius 2 is 0.663 bits per heavy atom. The molecule has 22 heteroatoms. The zero-order chi connectivity index (χ0) is 71.3. The minimum Gasteiger partial charge on any atom is -0.481 e. The van der Waals surface area contributed by atoms with Gasteiger partial charge in [0.1, 0.15) is 47.7 Å². The first-order chi connectivity index (χ1) is 48.8. The Labute approximate surface area is 589 Å². The van der Waals surface area contributed by atoms with Crippen LogP contribution >= 0.6 is 15.1 Å². The molecule has 2 heterocycles. The number of aliphatic hydroxyl groups is 4. The van der Waals surface area contributed by atoms with E-state index in [0.717, 1.165) is 44.5 Å². The van der Waals surface area contributed by atoms with Crippen LogP contribution in [0.25, 0.3) is 0 Å². The average Bonchev–Trinajstić information content (AvgIpc) is 1.65. The first kappa shape index (κ1) is 74.3. The van der Waals surface area contributed by atoms with Gasteiger partial charge in [-0.2, -0.15) is 0 Å². The monoisotopic (exact) mass is 1410 g/mol. The molecule has 10 atom stereocenters. The molecular weight excluding hydrogens is 1320 g/mol. The molecule has 7 N–H and O–H groups in total. The van der Waals surface area contributed by atoms with Crippen molar-refractivity contribution in [3.8, 4) is 17.2 Å². The minimum atomic E-state index is -4.34. The summed E-state index contributed by atoms with van der Waals surface area (Å²) in [5, 5.41) is 50.5. The van der Waals surface area contributed by atoms with Crippen LogP contribution in [0.1, 0.15) is 58.4 Å². The molecule has 11 rings (SSSR count). The van der Waals surface area contributed by atoms with E-state index in [1.165, 1.54) is 0 Å². The molecule has 2 aliphatic rings. The Morgan fingerprint density at radius 3 is 0.950 bits per heavy atom. The van der Waals surface area contributed by atoms with E-state index in [0.29, 0.717) is 24.3 Å². The Morgan fingerprint density at radius 1 is 0.396 bits per heavy atom. The number of hydrogen-bond acceptors (Lipinski definition) is 13. The van der Waals surface area contributed by atoms with Crippen LogP contribution in [0.3, 0.4) is 0 Å². The maximum atomic E-state index is 14.9. The molecule has 2 fully saturated rings. The lowest BCUT2D eigenvalue weighted by atomic mass is 9.91. The van der Waals surface area contributed by atoms with Gasteiger partial charge in [-0.25, -0.2) is 14.7 Å². The van der Waals surface area contributed by atoms with Crippen LogP contribution < -0.4 is 19.1 Å². The number of aliphatic hydroxyl groups excluding tert-OH is 4. The summed E-state index contributed by atoms with van der Waals surface area (Å²) < 4.78 is 47.4. The van der Waals surface area contributed by atoms with Crippen molar-refractivity contribution in [2.24, 2.45) is 0 Å². The molecule has 20 nitrogen and oxygen atoms in total. The fourth-order valence-electron chi connectivity index (χ4n) is 12.6. The van der Waals surface area contributed by atoms with E-state index >= 15 is 0 Å². The fourth-order valence-corrected chi connectivity index (χ4v) is 14.6. The van der Waals surface area contributed by atoms with Gasteiger partial charge in [-0.1, -0.05) is 224 Å². The van der Waals surface area contributed by atoms with Gasteiger partial charge in [0.05, 0.1) is 30.8 Å². The summed E-state index contributed by atoms with van der Waals surface area (Å²) in [6, 6.07) is 75.5. The number of amides is 4. The zero-order valence-electron chi connectivity index (χ0n) is 56.3. The number of benzene rings is 9. The number of urea groups is 2. The van der Waals surface area contributed by atoms with Crippen molar-refractivity contribution < 1.29 is 72.5 Å². The number of nitrogens with one attached hydrogen (secondary N) is 1. The summed E-state index contributed by atoms with van der Waals surface area (Å²) >= 11 is 0. The van der Waals surface area contributed by atoms with E-state index in [-0.39, 0.29) is 63.4 Å². The second-order valence-corrected chi connectivity index (χ2v) is 28.9. The van der Waals surface area contributed by atoms with E-state index in [1.54, 1.807) is 100 Å². The van der Waals surface area contributed by atoms with Crippen molar-refractivity contribution in [2.75, 3.05) is 19.3 Å². The lowest BCUT2D eigenvalue weighted by Gasteiger charge is -2.36. The van der Waals surface area contributed by atoms with Gasteiger partial charge >= 0.3 is 33.1 Å². The second kappa shape index (κ2) is 35.7. The van der Waals surface area contributed by atoms with Gasteiger partial charge in [0.25, 0.3) is 0 Å². The van der Waals surface area contributed by atoms with E-state index in [2.05, 4.69) is 5.09 Å². The van der Waals surface area contributed by atoms with Crippen LogP contribution in [0.4, 0.5) is 9.59 Å². The maximum absolute atomic E-state index is 14.9. The number of carbonyl (C=O) groups excluding carboxylic acids is 3. The summed E-state index contributed by atoms with van der Waals surface area (Å²) in [5.74, 6) is 0.443. The van der Waals surface area contributed by atoms with Gasteiger partial charge in [-0.15, -0.1) is 0 Å². The first-order valence-electron chi connectivity index (χ1n) is 33.7. The number of rotatable bonds is 28. The highest BCUT2D eigenvalue weighted by molar-refractivity contribution is 7.57. The van der Waals surface area contributed by atoms with Crippen molar-refractivity contribution in [1.82, 2.24) is 24.7 Å². The lowest BCUT2D eigenvalue weighted by molar-refractivity contribution is -0.144. The number of esters is 1. The molecule has 4 amide bonds. The second-order valence-electron chi connectivity index (χ2n) is 25.2. The molecule has 1 unspecified atom stereocenters. The van der Waals surface area contributed by atoms with Crippen LogP contribution in [0.15, 0.2) is 261 Å². The molecule has 9 aromatic carbocycles. The molecule has 0 bridgehead atoms. The van der Waals surface area contributed by atoms with Crippen LogP contribution in [0.2, 0.25) is 0 Å². The van der Waals surface area contributed by atoms with Gasteiger partial charge in [-0.05, 0) is 120 Å². The van der Waals surface area contributed by atoms with Crippen molar-refractivity contribution in [2.45, 2.75) is 120 Å². The van der Waals surface area contributed by atoms with Crippen LogP contribution in [-0.2, 0) is 70.5 Å². The van der Waals surface area contributed by atoms with E-state index in [9.17, 15) is 43.9 Å². The highest BCUT2D eigenvalue weighted by Crippen LogP contribution is 2.44. The van der Waals surface area contributed by atoms with E-state index in [1.807, 2.05) is 194 Å². The van der Waals surface area contributed by atoms with Crippen LogP contribution in [0.5, 0.6) is 17.2 Å². The van der Waals surface area contributed by atoms with Gasteiger partial charge in [-0.3, -0.25) is 13.9 Å². The van der Waals surface area contributed by atoms with Crippen LogP contribution in [-0.4, -0.2) is 142 Å². The first-order valence-corrected chi connectivity index (χ1v) is 37.3. The number of nitrogens with zero attached hydrogens (tertiary/aromatic N) is 4. The largest absolute Gasteiger partial charge is 0.481 e. The summed E-state index contributed by atoms with van der Waals surface area (Å²) in [7, 11) is -8.13. The van der Waals surface area contributed by atoms with Gasteiger partial charge < -0.3 is 68.5 Å². The smallest absolute Gasteiger partial charge is 0.362 e. The molecule has 101 heavy (non-hydrogen) atoms. The SMILES string of the molecule is CCOC(=O)[C@@H](C)NP(=O)(COc1ccc(C[C@@H]2[C@H](O)[C@@H](O)[C@@H](Cc3ccccc3)N(Cc3ccccc3)C(=O)N2Cc2ccccc2)cc1)Oc1ccccc1.O=C1N(Cc2ccccc2)[C@H](Cc2ccccc2)[C@H](O)[C@@H](O)[C@@H](Cc2ccc(OCP(=O)(O)O)cc2)N1Cc1ccccc1. The van der Waals surface area contributed by atoms with Crippen molar-refractivity contribution in [3.05, 3.63) is 305 Å². The molecule has 0 radical (unpaired) electrons. The average molecular weight is 1410 g/mol. The van der Waals surface area contributed by atoms with Crippen molar-refractivity contribution >= 4 is 33.1 Å². The molecular formula is C79H87N5O15P2. The quantitative estimate of drug-likeness (QED) is 0.0177. The highest BCUT2D eigenvalue weighted by atomic mass is 31.2. The normalized spacial score (nSPS) is 20.3. The van der Waals surface area contributed by atoms with Gasteiger partial charge in [0.15, 0.2) is 12.7 Å². The number of carbonyl (C=O) groups is 3. The Bertz CT molecular complexity index is 4120. The highest BCUT2D eigenvalue weighted by Gasteiger charge is 2.48. The summed E-state index contributed by atoms with van der Waals surface area (Å²) in [5.41, 5.74) is 6.99. The molecule has 0 saturated carbocycles. The van der Waals surface area contributed by atoms with E-state index < -0.39 is 88.4 Å². The third-order valence-electron chi connectivity index (χ3n) is 17.8. The predicted octanol–water partition coefficient (Wildman–Crippen LogP) is 11.8. The minimum absolute atomic E-state index is 0.173. The Kier molecular flexibility index (Phi) is 26.3. The molecule has 2 aliphatic heterocycles. The summed E-state index contributed by atoms with van der Waals surface area (Å²) in [4.78, 5) is 66.9. The molecule has 9 aromatic rings. The number of ether oxygens (including phenoxy) is 3. The number of para-hydroxylation sites is 1. The van der Waals surface area contributed by atoms with Crippen molar-refractivity contribution in [1.29, 1.82) is 0 Å². The van der Waals surface area contributed by atoms with Gasteiger partial charge in [0, 0.05) is 26.2 Å². The lowest BCUT2D eigenvalue weighted by Crippen LogP contribution is -2.50. The molecule has 0 aliphatic carbocycles. The molecule has 2 saturated heterocycles. The van der Waals surface area contributed by atoms with Crippen molar-refractivity contribution in [3.63, 3.8) is 0 Å². The predicted molar refractivity (Wildman–Crippen MR) is 385 cm³/mol.